The molecule has 0 N–H and O–H groups in total. The van der Waals surface area contributed by atoms with Gasteiger partial charge in [0.05, 0.1) is 34.4 Å². The zero-order valence-electron chi connectivity index (χ0n) is 33.4. The van der Waals surface area contributed by atoms with Crippen LogP contribution in [0.3, 0.4) is 0 Å². The number of allylic oxidation sites excluding steroid dienone is 4. The summed E-state index contributed by atoms with van der Waals surface area (Å²) >= 11 is 0. The summed E-state index contributed by atoms with van der Waals surface area (Å²) in [5.41, 5.74) is 0. The quantitative estimate of drug-likeness (QED) is 0.0205. The van der Waals surface area contributed by atoms with Crippen LogP contribution in [0.2, 0.25) is 0 Å². The van der Waals surface area contributed by atoms with E-state index in [-0.39, 0.29) is 25.8 Å². The second-order valence-electron chi connectivity index (χ2n) is 15.0. The molecular formula is C41H80NO7P. The van der Waals surface area contributed by atoms with E-state index in [2.05, 4.69) is 38.2 Å². The number of hydrogen-bond donors (Lipinski definition) is 0. The maximum atomic E-state index is 12.6. The van der Waals surface area contributed by atoms with E-state index in [1.54, 1.807) is 0 Å². The van der Waals surface area contributed by atoms with Crippen LogP contribution in [-0.4, -0.2) is 70.7 Å². The first-order valence-corrected chi connectivity index (χ1v) is 22.0. The van der Waals surface area contributed by atoms with Crippen molar-refractivity contribution >= 4 is 13.8 Å². The summed E-state index contributed by atoms with van der Waals surface area (Å²) in [5.74, 6) is -0.345. The molecule has 0 aliphatic heterocycles. The number of quaternary nitrogens is 1. The summed E-state index contributed by atoms with van der Waals surface area (Å²) in [6, 6.07) is 0. The molecular weight excluding hydrogens is 649 g/mol. The van der Waals surface area contributed by atoms with Gasteiger partial charge in [0.2, 0.25) is 0 Å². The molecule has 0 amide bonds. The molecule has 50 heavy (non-hydrogen) atoms. The highest BCUT2D eigenvalue weighted by Gasteiger charge is 2.20. The third kappa shape index (κ3) is 38.2. The standard InChI is InChI=1S/C41H80NO7P/c1-6-8-10-12-14-16-18-20-21-22-24-26-28-30-32-34-41(43)49-40(39-48-50(44,45)47-37-35-42(3,4)5)38-46-36-33-31-29-27-25-23-19-17-15-13-11-9-7-2/h15,17,20-21,40H,6-14,16,18-19,22-39H2,1-5H3/b17-15-,21-20-. The van der Waals surface area contributed by atoms with E-state index < -0.39 is 13.9 Å². The normalized spacial score (nSPS) is 14.1. The van der Waals surface area contributed by atoms with Crippen LogP contribution in [0.1, 0.15) is 174 Å². The molecule has 0 spiro atoms. The highest BCUT2D eigenvalue weighted by molar-refractivity contribution is 7.45. The molecule has 0 aliphatic rings. The molecule has 0 fully saturated rings. The Kier molecular flexibility index (Phi) is 34.3. The van der Waals surface area contributed by atoms with Crippen molar-refractivity contribution in [2.45, 2.75) is 180 Å². The van der Waals surface area contributed by atoms with E-state index in [9.17, 15) is 14.3 Å². The Morgan fingerprint density at radius 1 is 0.600 bits per heavy atom. The summed E-state index contributed by atoms with van der Waals surface area (Å²) in [6.07, 6.45) is 37.5. The molecule has 0 saturated carbocycles. The number of carbonyl (C=O) groups excluding carboxylic acids is 1. The van der Waals surface area contributed by atoms with Crippen molar-refractivity contribution in [2.24, 2.45) is 0 Å². The van der Waals surface area contributed by atoms with Crippen LogP contribution in [0.15, 0.2) is 24.3 Å². The predicted molar refractivity (Wildman–Crippen MR) is 208 cm³/mol. The minimum Gasteiger partial charge on any atom is -0.756 e. The number of esters is 1. The van der Waals surface area contributed by atoms with Crippen molar-refractivity contribution in [1.29, 1.82) is 0 Å². The maximum absolute atomic E-state index is 12.6. The predicted octanol–water partition coefficient (Wildman–Crippen LogP) is 11.0. The van der Waals surface area contributed by atoms with E-state index in [1.807, 2.05) is 21.1 Å². The molecule has 0 aromatic carbocycles. The molecule has 9 heteroatoms. The van der Waals surface area contributed by atoms with Crippen LogP contribution in [0.5, 0.6) is 0 Å². The average molecular weight is 730 g/mol. The number of likely N-dealkylation sites (N-methyl/N-ethyl adjacent to an activating group) is 1. The summed E-state index contributed by atoms with van der Waals surface area (Å²) in [7, 11) is 1.35. The van der Waals surface area contributed by atoms with Gasteiger partial charge in [-0.25, -0.2) is 0 Å². The van der Waals surface area contributed by atoms with Gasteiger partial charge < -0.3 is 27.9 Å². The van der Waals surface area contributed by atoms with Crippen LogP contribution < -0.4 is 4.89 Å². The molecule has 0 heterocycles. The molecule has 296 valence electrons. The topological polar surface area (TPSA) is 94.1 Å². The minimum absolute atomic E-state index is 0.0243. The smallest absolute Gasteiger partial charge is 0.306 e. The first-order valence-electron chi connectivity index (χ1n) is 20.6. The molecule has 0 saturated heterocycles. The Hall–Kier alpha value is -1.02. The monoisotopic (exact) mass is 730 g/mol. The van der Waals surface area contributed by atoms with Gasteiger partial charge in [-0.1, -0.05) is 128 Å². The van der Waals surface area contributed by atoms with Gasteiger partial charge >= 0.3 is 5.97 Å². The SMILES string of the molecule is CCCCC/C=C\CCCCCCCCOCC(COP(=O)([O-])OCC[N+](C)(C)C)OC(=O)CCCCCCC/C=C\CCCCCCCC. The lowest BCUT2D eigenvalue weighted by Crippen LogP contribution is -2.37. The van der Waals surface area contributed by atoms with Gasteiger partial charge in [0.25, 0.3) is 7.82 Å². The van der Waals surface area contributed by atoms with Crippen molar-refractivity contribution in [3.63, 3.8) is 0 Å². The van der Waals surface area contributed by atoms with E-state index in [0.29, 0.717) is 24.1 Å². The lowest BCUT2D eigenvalue weighted by Gasteiger charge is -2.28. The number of rotatable bonds is 38. The van der Waals surface area contributed by atoms with E-state index in [4.69, 9.17) is 18.5 Å². The Morgan fingerprint density at radius 2 is 1.04 bits per heavy atom. The number of nitrogens with zero attached hydrogens (tertiary/aromatic N) is 1. The molecule has 0 aromatic heterocycles. The Morgan fingerprint density at radius 3 is 1.56 bits per heavy atom. The number of phosphoric ester groups is 1. The largest absolute Gasteiger partial charge is 0.756 e. The molecule has 0 bridgehead atoms. The van der Waals surface area contributed by atoms with Gasteiger partial charge in [-0.15, -0.1) is 0 Å². The summed E-state index contributed by atoms with van der Waals surface area (Å²) in [4.78, 5) is 25.0. The summed E-state index contributed by atoms with van der Waals surface area (Å²) in [5, 5.41) is 0. The van der Waals surface area contributed by atoms with Crippen LogP contribution >= 0.6 is 7.82 Å². The van der Waals surface area contributed by atoms with Crippen molar-refractivity contribution in [3.8, 4) is 0 Å². The first-order chi connectivity index (χ1) is 24.1. The molecule has 2 atom stereocenters. The second kappa shape index (κ2) is 35.0. The van der Waals surface area contributed by atoms with Gasteiger partial charge in [-0.05, 0) is 64.2 Å². The van der Waals surface area contributed by atoms with Gasteiger partial charge in [0.15, 0.2) is 0 Å². The summed E-state index contributed by atoms with van der Waals surface area (Å²) < 4.78 is 34.5. The third-order valence-electron chi connectivity index (χ3n) is 8.73. The van der Waals surface area contributed by atoms with Crippen molar-refractivity contribution < 1.29 is 37.3 Å². The molecule has 0 radical (unpaired) electrons. The van der Waals surface area contributed by atoms with Crippen LogP contribution in [-0.2, 0) is 27.9 Å². The number of phosphoric acid groups is 1. The molecule has 0 rings (SSSR count). The van der Waals surface area contributed by atoms with Gasteiger partial charge in [-0.2, -0.15) is 0 Å². The van der Waals surface area contributed by atoms with E-state index in [0.717, 1.165) is 44.9 Å². The second-order valence-corrected chi connectivity index (χ2v) is 16.4. The van der Waals surface area contributed by atoms with Crippen molar-refractivity contribution in [2.75, 3.05) is 54.1 Å². The van der Waals surface area contributed by atoms with Crippen LogP contribution in [0.4, 0.5) is 0 Å². The fraction of sp³-hybridized carbons (Fsp3) is 0.878. The molecule has 2 unspecified atom stereocenters. The zero-order valence-corrected chi connectivity index (χ0v) is 34.2. The lowest BCUT2D eigenvalue weighted by atomic mass is 10.1. The highest BCUT2D eigenvalue weighted by Crippen LogP contribution is 2.38. The average Bonchev–Trinajstić information content (AvgIpc) is 3.06. The fourth-order valence-electron chi connectivity index (χ4n) is 5.48. The van der Waals surface area contributed by atoms with Gasteiger partial charge in [-0.3, -0.25) is 9.36 Å². The molecule has 0 aliphatic carbocycles. The molecule has 0 aromatic rings. The summed E-state index contributed by atoms with van der Waals surface area (Å²) in [6.45, 7) is 5.36. The fourth-order valence-corrected chi connectivity index (χ4v) is 6.20. The number of unbranched alkanes of at least 4 members (excludes halogenated alkanes) is 20. The molecule has 8 nitrogen and oxygen atoms in total. The highest BCUT2D eigenvalue weighted by atomic mass is 31.2. The van der Waals surface area contributed by atoms with Gasteiger partial charge in [0, 0.05) is 13.0 Å². The Labute approximate surface area is 309 Å². The van der Waals surface area contributed by atoms with Crippen molar-refractivity contribution in [1.82, 2.24) is 0 Å². The number of hydrogen-bond acceptors (Lipinski definition) is 7. The van der Waals surface area contributed by atoms with E-state index in [1.165, 1.54) is 109 Å². The van der Waals surface area contributed by atoms with Crippen LogP contribution in [0.25, 0.3) is 0 Å². The first kappa shape index (κ1) is 49.0. The maximum Gasteiger partial charge on any atom is 0.306 e. The minimum atomic E-state index is -4.52. The number of ether oxygens (including phenoxy) is 2. The third-order valence-corrected chi connectivity index (χ3v) is 9.69. The Bertz CT molecular complexity index is 858. The van der Waals surface area contributed by atoms with E-state index >= 15 is 0 Å². The lowest BCUT2D eigenvalue weighted by molar-refractivity contribution is -0.870. The number of carbonyl (C=O) groups is 1. The zero-order chi connectivity index (χ0) is 37.0. The van der Waals surface area contributed by atoms with Gasteiger partial charge in [0.1, 0.15) is 19.3 Å². The van der Waals surface area contributed by atoms with Crippen molar-refractivity contribution in [3.05, 3.63) is 24.3 Å². The Balaban J connectivity index is 4.29. The van der Waals surface area contributed by atoms with Crippen LogP contribution in [0, 0.1) is 0 Å².